The van der Waals surface area contributed by atoms with E-state index < -0.39 is 0 Å². The summed E-state index contributed by atoms with van der Waals surface area (Å²) in [6, 6.07) is 45.6. The summed E-state index contributed by atoms with van der Waals surface area (Å²) >= 11 is 0. The molecule has 0 aliphatic heterocycles. The third kappa shape index (κ3) is 4.65. The number of pyridine rings is 3. The van der Waals surface area contributed by atoms with Crippen molar-refractivity contribution >= 4 is 54.6 Å². The average Bonchev–Trinajstić information content (AvgIpc) is 3.59. The summed E-state index contributed by atoms with van der Waals surface area (Å²) in [5.74, 6) is 0. The van der Waals surface area contributed by atoms with Crippen molar-refractivity contribution in [3.05, 3.63) is 164 Å². The average molecular weight is 628 g/mol. The van der Waals surface area contributed by atoms with Crippen LogP contribution in [0.2, 0.25) is 0 Å². The first-order chi connectivity index (χ1) is 25.1. The van der Waals surface area contributed by atoms with E-state index in [1.54, 1.807) is 12.3 Å². The number of hydrogen-bond donors (Lipinski definition) is 0. The van der Waals surface area contributed by atoms with E-state index in [-0.39, 0.29) is 6.04 Å². The SMILES string of the molecule is [2H]c1c(-c2cc(-c3cnc4c(ccc5cccnc54)c3)cc(-c3ccc4cccnc4c3)c2)ccc2c1oc1c([2H])ccc(-c3ccccc3)c12. The van der Waals surface area contributed by atoms with Gasteiger partial charge in [0.05, 0.1) is 19.3 Å². The Morgan fingerprint density at radius 1 is 0.469 bits per heavy atom. The zero-order valence-electron chi connectivity index (χ0n) is 28.2. The van der Waals surface area contributed by atoms with Crippen molar-refractivity contribution in [3.63, 3.8) is 0 Å². The molecule has 4 nitrogen and oxygen atoms in total. The molecule has 0 aliphatic carbocycles. The van der Waals surface area contributed by atoms with Crippen molar-refractivity contribution in [1.29, 1.82) is 0 Å². The number of benzene rings is 6. The standard InChI is InChI=1S/C45H27N3O/c1-2-7-28(8-3-1)38-11-4-12-41-43(38)39-18-17-32(26-42(39)49-41)35-22-34(31-15-13-29-9-5-19-46-40(29)25-31)23-36(24-35)37-21-33-16-14-30-10-6-20-47-44(30)45(33)48-27-37/h1-27H/i12D,26D. The molecule has 0 saturated carbocycles. The molecule has 4 heteroatoms. The normalized spacial score (nSPS) is 12.2. The number of furan rings is 1. The van der Waals surface area contributed by atoms with Crippen LogP contribution in [-0.4, -0.2) is 15.0 Å². The van der Waals surface area contributed by atoms with Crippen molar-refractivity contribution < 1.29 is 7.16 Å². The first kappa shape index (κ1) is 25.4. The van der Waals surface area contributed by atoms with Crippen LogP contribution in [0.3, 0.4) is 0 Å². The van der Waals surface area contributed by atoms with Gasteiger partial charge in [0, 0.05) is 51.1 Å². The van der Waals surface area contributed by atoms with Crippen molar-refractivity contribution in [2.75, 3.05) is 0 Å². The zero-order valence-corrected chi connectivity index (χ0v) is 26.2. The van der Waals surface area contributed by atoms with Gasteiger partial charge in [0.25, 0.3) is 0 Å². The molecule has 0 fully saturated rings. The monoisotopic (exact) mass is 627 g/mol. The van der Waals surface area contributed by atoms with Gasteiger partial charge in [-0.05, 0) is 99.6 Å². The second-order valence-electron chi connectivity index (χ2n) is 12.3. The van der Waals surface area contributed by atoms with E-state index in [1.165, 1.54) is 0 Å². The molecule has 0 saturated heterocycles. The molecule has 0 radical (unpaired) electrons. The largest absolute Gasteiger partial charge is 0.456 e. The van der Waals surface area contributed by atoms with Crippen LogP contribution in [0.4, 0.5) is 0 Å². The summed E-state index contributed by atoms with van der Waals surface area (Å²) in [5.41, 5.74) is 11.2. The van der Waals surface area contributed by atoms with E-state index >= 15 is 0 Å². The Kier molecular flexibility index (Phi) is 5.69. The van der Waals surface area contributed by atoms with E-state index in [9.17, 15) is 1.37 Å². The molecule has 0 unspecified atom stereocenters. The first-order valence-corrected chi connectivity index (χ1v) is 16.2. The third-order valence-electron chi connectivity index (χ3n) is 9.37. The molecule has 0 bridgehead atoms. The number of nitrogens with zero attached hydrogens (tertiary/aromatic N) is 3. The Balaban J connectivity index is 1.19. The lowest BCUT2D eigenvalue weighted by Gasteiger charge is -2.13. The van der Waals surface area contributed by atoms with Crippen LogP contribution in [-0.2, 0) is 0 Å². The summed E-state index contributed by atoms with van der Waals surface area (Å²) in [6.45, 7) is 0. The van der Waals surface area contributed by atoms with Crippen molar-refractivity contribution in [2.24, 2.45) is 0 Å². The molecule has 10 aromatic rings. The summed E-state index contributed by atoms with van der Waals surface area (Å²) in [6.07, 6.45) is 5.52. The summed E-state index contributed by atoms with van der Waals surface area (Å²) in [5, 5.41) is 4.81. The maximum Gasteiger partial charge on any atom is 0.136 e. The van der Waals surface area contributed by atoms with Gasteiger partial charge in [-0.15, -0.1) is 0 Å². The minimum Gasteiger partial charge on any atom is -0.456 e. The highest BCUT2D eigenvalue weighted by atomic mass is 16.3. The maximum atomic E-state index is 9.51. The van der Waals surface area contributed by atoms with Gasteiger partial charge >= 0.3 is 0 Å². The molecular formula is C45H27N3O. The summed E-state index contributed by atoms with van der Waals surface area (Å²) in [4.78, 5) is 14.1. The van der Waals surface area contributed by atoms with Gasteiger partial charge in [-0.25, -0.2) is 0 Å². The Labute approximate surface area is 284 Å². The van der Waals surface area contributed by atoms with Crippen molar-refractivity contribution in [2.45, 2.75) is 0 Å². The molecule has 0 amide bonds. The van der Waals surface area contributed by atoms with Crippen LogP contribution in [0.1, 0.15) is 2.74 Å². The molecule has 0 aliphatic rings. The summed E-state index contributed by atoms with van der Waals surface area (Å²) < 4.78 is 24.6. The predicted molar refractivity (Wildman–Crippen MR) is 201 cm³/mol. The van der Waals surface area contributed by atoms with Crippen LogP contribution in [0, 0.1) is 0 Å². The van der Waals surface area contributed by atoms with Crippen LogP contribution in [0.25, 0.3) is 99.2 Å². The van der Waals surface area contributed by atoms with Gasteiger partial charge in [-0.1, -0.05) is 84.9 Å². The van der Waals surface area contributed by atoms with E-state index in [4.69, 9.17) is 10.8 Å². The van der Waals surface area contributed by atoms with Crippen molar-refractivity contribution in [3.8, 4) is 44.5 Å². The highest BCUT2D eigenvalue weighted by Crippen LogP contribution is 2.40. The van der Waals surface area contributed by atoms with Crippen molar-refractivity contribution in [1.82, 2.24) is 15.0 Å². The molecule has 228 valence electrons. The van der Waals surface area contributed by atoms with Gasteiger partial charge in [0.1, 0.15) is 11.2 Å². The first-order valence-electron chi connectivity index (χ1n) is 17.2. The minimum absolute atomic E-state index is 0.277. The van der Waals surface area contributed by atoms with E-state index in [0.29, 0.717) is 17.2 Å². The van der Waals surface area contributed by atoms with Crippen LogP contribution >= 0.6 is 0 Å². The topological polar surface area (TPSA) is 51.8 Å². The molecule has 0 N–H and O–H groups in total. The highest BCUT2D eigenvalue weighted by Gasteiger charge is 2.15. The Hall–Kier alpha value is -6.65. The number of hydrogen-bond acceptors (Lipinski definition) is 4. The Morgan fingerprint density at radius 2 is 1.20 bits per heavy atom. The lowest BCUT2D eigenvalue weighted by molar-refractivity contribution is 0.669. The molecule has 4 aromatic heterocycles. The van der Waals surface area contributed by atoms with Gasteiger partial charge in [-0.3, -0.25) is 15.0 Å². The fourth-order valence-corrected chi connectivity index (χ4v) is 6.96. The van der Waals surface area contributed by atoms with E-state index in [0.717, 1.165) is 88.0 Å². The number of fused-ring (bicyclic) bond motifs is 7. The summed E-state index contributed by atoms with van der Waals surface area (Å²) in [7, 11) is 0. The predicted octanol–water partition coefficient (Wildman–Crippen LogP) is 11.9. The lowest BCUT2D eigenvalue weighted by Crippen LogP contribution is -1.89. The molecule has 10 rings (SSSR count). The molecule has 4 heterocycles. The van der Waals surface area contributed by atoms with Crippen LogP contribution in [0.5, 0.6) is 0 Å². The van der Waals surface area contributed by atoms with E-state index in [1.807, 2.05) is 60.9 Å². The second kappa shape index (κ2) is 11.0. The Morgan fingerprint density at radius 3 is 2.10 bits per heavy atom. The van der Waals surface area contributed by atoms with Gasteiger partial charge in [-0.2, -0.15) is 0 Å². The van der Waals surface area contributed by atoms with E-state index in [2.05, 4.69) is 88.8 Å². The van der Waals surface area contributed by atoms with Crippen LogP contribution in [0.15, 0.2) is 169 Å². The minimum atomic E-state index is 0.277. The molecular weight excluding hydrogens is 599 g/mol. The fourth-order valence-electron chi connectivity index (χ4n) is 6.96. The quantitative estimate of drug-likeness (QED) is 0.182. The van der Waals surface area contributed by atoms with Gasteiger partial charge in [0.15, 0.2) is 0 Å². The third-order valence-corrected chi connectivity index (χ3v) is 9.37. The number of rotatable bonds is 4. The fraction of sp³-hybridized carbons (Fsp3) is 0. The highest BCUT2D eigenvalue weighted by molar-refractivity contribution is 6.13. The second-order valence-corrected chi connectivity index (χ2v) is 12.3. The zero-order chi connectivity index (χ0) is 34.1. The van der Waals surface area contributed by atoms with Gasteiger partial charge < -0.3 is 4.42 Å². The smallest absolute Gasteiger partial charge is 0.136 e. The maximum absolute atomic E-state index is 9.51. The molecule has 0 spiro atoms. The Bertz CT molecular complexity index is 3010. The molecule has 6 aromatic carbocycles. The van der Waals surface area contributed by atoms with Gasteiger partial charge in [0.2, 0.25) is 0 Å². The number of aromatic nitrogens is 3. The molecule has 0 atom stereocenters. The molecule has 49 heavy (non-hydrogen) atoms. The van der Waals surface area contributed by atoms with Crippen LogP contribution < -0.4 is 0 Å². The lowest BCUT2D eigenvalue weighted by atomic mass is 9.92.